The van der Waals surface area contributed by atoms with Crippen LogP contribution in [-0.4, -0.2) is 18.8 Å². The van der Waals surface area contributed by atoms with Gasteiger partial charge in [0.25, 0.3) is 0 Å². The van der Waals surface area contributed by atoms with Crippen molar-refractivity contribution in [3.8, 4) is 0 Å². The molecule has 0 spiro atoms. The third kappa shape index (κ3) is 1.97. The Hall–Kier alpha value is -0.120. The number of rotatable bonds is 4. The average Bonchev–Trinajstić information content (AvgIpc) is 2.74. The van der Waals surface area contributed by atoms with Crippen LogP contribution in [0.1, 0.15) is 32.1 Å². The molecule has 2 atom stereocenters. The molecular weight excluding hydrogens is 152 g/mol. The standard InChI is InChI=1S/C9H18N2O/c10-11-8(6-7-3-4-7)9-2-1-5-12-9/h7-9,11H,1-6,10H2. The molecule has 0 radical (unpaired) electrons. The van der Waals surface area contributed by atoms with Crippen LogP contribution < -0.4 is 11.3 Å². The molecule has 0 amide bonds. The van der Waals surface area contributed by atoms with Crippen LogP contribution in [0.15, 0.2) is 0 Å². The molecule has 2 fully saturated rings. The van der Waals surface area contributed by atoms with Gasteiger partial charge in [0.2, 0.25) is 0 Å². The molecule has 1 saturated carbocycles. The van der Waals surface area contributed by atoms with Gasteiger partial charge in [-0.2, -0.15) is 0 Å². The summed E-state index contributed by atoms with van der Waals surface area (Å²) in [6.07, 6.45) is 6.77. The largest absolute Gasteiger partial charge is 0.377 e. The maximum Gasteiger partial charge on any atom is 0.0742 e. The first-order valence-electron chi connectivity index (χ1n) is 4.98. The molecule has 0 aromatic carbocycles. The third-order valence-electron chi connectivity index (χ3n) is 2.91. The Balaban J connectivity index is 1.78. The SMILES string of the molecule is NNC(CC1CC1)C1CCCO1. The summed E-state index contributed by atoms with van der Waals surface area (Å²) in [5, 5.41) is 0. The number of nitrogens with two attached hydrogens (primary N) is 1. The topological polar surface area (TPSA) is 47.3 Å². The second-order valence-electron chi connectivity index (χ2n) is 4.00. The zero-order chi connectivity index (χ0) is 8.39. The predicted molar refractivity (Wildman–Crippen MR) is 47.4 cm³/mol. The lowest BCUT2D eigenvalue weighted by Crippen LogP contribution is -2.44. The number of ether oxygens (including phenoxy) is 1. The van der Waals surface area contributed by atoms with Gasteiger partial charge in [-0.3, -0.25) is 11.3 Å². The van der Waals surface area contributed by atoms with Gasteiger partial charge in [-0.05, 0) is 25.2 Å². The molecule has 0 bridgehead atoms. The fourth-order valence-electron chi connectivity index (χ4n) is 1.96. The summed E-state index contributed by atoms with van der Waals surface area (Å²) in [6, 6.07) is 0.403. The van der Waals surface area contributed by atoms with Crippen LogP contribution in [0, 0.1) is 5.92 Å². The Bertz CT molecular complexity index is 141. The lowest BCUT2D eigenvalue weighted by molar-refractivity contribution is 0.0738. The molecule has 2 aliphatic rings. The van der Waals surface area contributed by atoms with Crippen molar-refractivity contribution in [2.24, 2.45) is 11.8 Å². The van der Waals surface area contributed by atoms with Crippen molar-refractivity contribution >= 4 is 0 Å². The Morgan fingerprint density at radius 3 is 2.75 bits per heavy atom. The molecule has 2 unspecified atom stereocenters. The molecule has 70 valence electrons. The molecule has 0 aromatic rings. The lowest BCUT2D eigenvalue weighted by atomic mass is 10.0. The van der Waals surface area contributed by atoms with Crippen molar-refractivity contribution < 1.29 is 4.74 Å². The van der Waals surface area contributed by atoms with E-state index in [0.717, 1.165) is 12.5 Å². The van der Waals surface area contributed by atoms with Crippen LogP contribution in [0.3, 0.4) is 0 Å². The Kier molecular flexibility index (Phi) is 2.63. The second kappa shape index (κ2) is 3.73. The zero-order valence-electron chi connectivity index (χ0n) is 7.46. The minimum Gasteiger partial charge on any atom is -0.377 e. The highest BCUT2D eigenvalue weighted by molar-refractivity contribution is 4.85. The summed E-state index contributed by atoms with van der Waals surface area (Å²) in [4.78, 5) is 0. The van der Waals surface area contributed by atoms with Gasteiger partial charge < -0.3 is 4.74 Å². The van der Waals surface area contributed by atoms with E-state index >= 15 is 0 Å². The number of nitrogens with one attached hydrogen (secondary N) is 1. The van der Waals surface area contributed by atoms with Gasteiger partial charge in [0, 0.05) is 12.6 Å². The van der Waals surface area contributed by atoms with Gasteiger partial charge in [0.1, 0.15) is 0 Å². The smallest absolute Gasteiger partial charge is 0.0742 e. The summed E-state index contributed by atoms with van der Waals surface area (Å²) in [7, 11) is 0. The molecule has 3 N–H and O–H groups in total. The van der Waals surface area contributed by atoms with E-state index in [1.807, 2.05) is 0 Å². The molecule has 0 aromatic heterocycles. The molecule has 1 saturated heterocycles. The minimum atomic E-state index is 0.385. The van der Waals surface area contributed by atoms with E-state index in [1.54, 1.807) is 0 Å². The Morgan fingerprint density at radius 2 is 2.25 bits per heavy atom. The highest BCUT2D eigenvalue weighted by Crippen LogP contribution is 2.35. The van der Waals surface area contributed by atoms with Crippen molar-refractivity contribution in [1.82, 2.24) is 5.43 Å². The normalized spacial score (nSPS) is 32.2. The van der Waals surface area contributed by atoms with E-state index in [-0.39, 0.29) is 0 Å². The number of hydrogen-bond donors (Lipinski definition) is 2. The zero-order valence-corrected chi connectivity index (χ0v) is 7.46. The number of hydrogen-bond acceptors (Lipinski definition) is 3. The average molecular weight is 170 g/mol. The van der Waals surface area contributed by atoms with Crippen molar-refractivity contribution in [2.45, 2.75) is 44.2 Å². The van der Waals surface area contributed by atoms with Gasteiger partial charge in [0.05, 0.1) is 6.10 Å². The summed E-state index contributed by atoms with van der Waals surface area (Å²) in [6.45, 7) is 0.924. The van der Waals surface area contributed by atoms with Crippen LogP contribution in [0.4, 0.5) is 0 Å². The molecule has 1 aliphatic carbocycles. The summed E-state index contributed by atoms with van der Waals surface area (Å²) >= 11 is 0. The van der Waals surface area contributed by atoms with Crippen molar-refractivity contribution in [1.29, 1.82) is 0 Å². The van der Waals surface area contributed by atoms with Gasteiger partial charge in [0.15, 0.2) is 0 Å². The predicted octanol–water partition coefficient (Wildman–Crippen LogP) is 0.797. The molecule has 3 nitrogen and oxygen atoms in total. The Morgan fingerprint density at radius 1 is 1.42 bits per heavy atom. The lowest BCUT2D eigenvalue weighted by Gasteiger charge is -2.21. The highest BCUT2D eigenvalue weighted by atomic mass is 16.5. The van der Waals surface area contributed by atoms with Crippen LogP contribution in [-0.2, 0) is 4.74 Å². The first-order valence-corrected chi connectivity index (χ1v) is 4.98. The maximum absolute atomic E-state index is 5.59. The quantitative estimate of drug-likeness (QED) is 0.484. The maximum atomic E-state index is 5.59. The molecular formula is C9H18N2O. The molecule has 2 rings (SSSR count). The fourth-order valence-corrected chi connectivity index (χ4v) is 1.96. The van der Waals surface area contributed by atoms with E-state index in [2.05, 4.69) is 5.43 Å². The van der Waals surface area contributed by atoms with Crippen LogP contribution in [0.5, 0.6) is 0 Å². The highest BCUT2D eigenvalue weighted by Gasteiger charge is 2.31. The summed E-state index contributed by atoms with van der Waals surface area (Å²) in [5.74, 6) is 6.42. The van der Waals surface area contributed by atoms with Gasteiger partial charge in [-0.25, -0.2) is 0 Å². The molecule has 1 heterocycles. The van der Waals surface area contributed by atoms with Crippen LogP contribution in [0.2, 0.25) is 0 Å². The van der Waals surface area contributed by atoms with E-state index in [4.69, 9.17) is 10.6 Å². The summed E-state index contributed by atoms with van der Waals surface area (Å²) < 4.78 is 5.59. The second-order valence-corrected chi connectivity index (χ2v) is 4.00. The minimum absolute atomic E-state index is 0.385. The summed E-state index contributed by atoms with van der Waals surface area (Å²) in [5.41, 5.74) is 2.89. The van der Waals surface area contributed by atoms with Gasteiger partial charge in [-0.15, -0.1) is 0 Å². The third-order valence-corrected chi connectivity index (χ3v) is 2.91. The van der Waals surface area contributed by atoms with E-state index < -0.39 is 0 Å². The van der Waals surface area contributed by atoms with E-state index in [1.165, 1.54) is 32.1 Å². The molecule has 1 aliphatic heterocycles. The van der Waals surface area contributed by atoms with Gasteiger partial charge >= 0.3 is 0 Å². The first kappa shape index (κ1) is 8.48. The number of hydrazine groups is 1. The first-order chi connectivity index (χ1) is 5.90. The molecule has 3 heteroatoms. The van der Waals surface area contributed by atoms with Crippen molar-refractivity contribution in [3.05, 3.63) is 0 Å². The monoisotopic (exact) mass is 170 g/mol. The fraction of sp³-hybridized carbons (Fsp3) is 1.00. The van der Waals surface area contributed by atoms with E-state index in [9.17, 15) is 0 Å². The van der Waals surface area contributed by atoms with E-state index in [0.29, 0.717) is 12.1 Å². The Labute approximate surface area is 73.6 Å². The van der Waals surface area contributed by atoms with Crippen molar-refractivity contribution in [2.75, 3.05) is 6.61 Å². The van der Waals surface area contributed by atoms with Gasteiger partial charge in [-0.1, -0.05) is 12.8 Å². The van der Waals surface area contributed by atoms with Crippen LogP contribution in [0.25, 0.3) is 0 Å². The van der Waals surface area contributed by atoms with Crippen molar-refractivity contribution in [3.63, 3.8) is 0 Å². The van der Waals surface area contributed by atoms with Crippen LogP contribution >= 0.6 is 0 Å². The molecule has 12 heavy (non-hydrogen) atoms.